The Morgan fingerprint density at radius 2 is 2.38 bits per heavy atom. The molecule has 0 aliphatic rings. The van der Waals surface area contributed by atoms with Crippen LogP contribution in [0.25, 0.3) is 0 Å². The van der Waals surface area contributed by atoms with Crippen LogP contribution in [0.15, 0.2) is 0 Å². The summed E-state index contributed by atoms with van der Waals surface area (Å²) in [7, 11) is 0. The van der Waals surface area contributed by atoms with Gasteiger partial charge in [0.2, 0.25) is 5.91 Å². The fraction of sp³-hybridized carbons (Fsp3) is 0.500. The lowest BCUT2D eigenvalue weighted by atomic mass is 10.2. The lowest BCUT2D eigenvalue weighted by Crippen LogP contribution is -2.29. The third-order valence-corrected chi connectivity index (χ3v) is 0.620. The first kappa shape index (κ1) is 7.39. The number of hydrogen-bond donors (Lipinski definition) is 3. The van der Waals surface area contributed by atoms with Crippen molar-refractivity contribution >= 4 is 5.91 Å². The predicted octanol–water partition coefficient (Wildman–Crippen LogP) is -1.97. The first-order valence-corrected chi connectivity index (χ1v) is 2.10. The number of aliphatic hydroxyl groups excluding tert-OH is 2. The van der Waals surface area contributed by atoms with Gasteiger partial charge in [-0.15, -0.1) is 0 Å². The second kappa shape index (κ2) is 3.40. The van der Waals surface area contributed by atoms with Crippen molar-refractivity contribution in [3.63, 3.8) is 0 Å². The normalized spacial score (nSPS) is 13.2. The van der Waals surface area contributed by atoms with Gasteiger partial charge in [-0.05, 0) is 0 Å². The van der Waals surface area contributed by atoms with Crippen molar-refractivity contribution in [1.29, 1.82) is 0 Å². The molecule has 0 saturated heterocycles. The number of hydrogen-bond acceptors (Lipinski definition) is 3. The van der Waals surface area contributed by atoms with Gasteiger partial charge in [-0.1, -0.05) is 0 Å². The fourth-order valence-corrected chi connectivity index (χ4v) is 0.216. The fourth-order valence-electron chi connectivity index (χ4n) is 0.216. The van der Waals surface area contributed by atoms with Crippen LogP contribution in [0, 0.1) is 6.42 Å². The maximum Gasteiger partial charge on any atom is 0.246 e. The predicted molar refractivity (Wildman–Crippen MR) is 26.6 cm³/mol. The number of amides is 1. The molecule has 0 bridgehead atoms. The molecule has 0 spiro atoms. The van der Waals surface area contributed by atoms with Crippen molar-refractivity contribution < 1.29 is 15.0 Å². The van der Waals surface area contributed by atoms with Crippen LogP contribution in [0.1, 0.15) is 0 Å². The molecule has 0 aliphatic heterocycles. The van der Waals surface area contributed by atoms with E-state index in [1.54, 1.807) is 0 Å². The van der Waals surface area contributed by atoms with Crippen LogP contribution in [-0.4, -0.2) is 28.8 Å². The first-order valence-electron chi connectivity index (χ1n) is 2.10. The largest absolute Gasteiger partial charge is 0.396 e. The van der Waals surface area contributed by atoms with Gasteiger partial charge in [0, 0.05) is 13.0 Å². The number of rotatable bonds is 3. The average molecular weight is 118 g/mol. The van der Waals surface area contributed by atoms with Gasteiger partial charge in [-0.3, -0.25) is 4.79 Å². The van der Waals surface area contributed by atoms with Crippen molar-refractivity contribution in [1.82, 2.24) is 0 Å². The molecule has 0 aromatic heterocycles. The van der Waals surface area contributed by atoms with E-state index >= 15 is 0 Å². The molecule has 1 atom stereocenters. The van der Waals surface area contributed by atoms with E-state index in [2.05, 4.69) is 5.73 Å². The molecule has 0 heterocycles. The van der Waals surface area contributed by atoms with Crippen LogP contribution in [0.2, 0.25) is 0 Å². The van der Waals surface area contributed by atoms with Crippen LogP contribution in [0.5, 0.6) is 0 Å². The van der Waals surface area contributed by atoms with Crippen LogP contribution in [-0.2, 0) is 4.79 Å². The minimum atomic E-state index is -1.32. The summed E-state index contributed by atoms with van der Waals surface area (Å²) in [4.78, 5) is 9.92. The van der Waals surface area contributed by atoms with Crippen molar-refractivity contribution in [2.75, 3.05) is 6.61 Å². The van der Waals surface area contributed by atoms with E-state index in [0.29, 0.717) is 0 Å². The van der Waals surface area contributed by atoms with Crippen LogP contribution in [0.4, 0.5) is 0 Å². The summed E-state index contributed by atoms with van der Waals surface area (Å²) in [5.41, 5.74) is 4.59. The molecular weight excluding hydrogens is 110 g/mol. The van der Waals surface area contributed by atoms with Crippen LogP contribution < -0.4 is 5.73 Å². The van der Waals surface area contributed by atoms with E-state index in [0.717, 1.165) is 6.42 Å². The molecule has 0 rings (SSSR count). The monoisotopic (exact) mass is 118 g/mol. The summed E-state index contributed by atoms with van der Waals surface area (Å²) >= 11 is 0. The summed E-state index contributed by atoms with van der Waals surface area (Å²) in [6.07, 6.45) is -0.317. The van der Waals surface area contributed by atoms with Gasteiger partial charge in [0.25, 0.3) is 0 Å². The van der Waals surface area contributed by atoms with E-state index in [9.17, 15) is 4.79 Å². The Balaban J connectivity index is 3.32. The lowest BCUT2D eigenvalue weighted by Gasteiger charge is -1.99. The molecule has 0 aromatic rings. The van der Waals surface area contributed by atoms with Gasteiger partial charge in [0.05, 0.1) is 0 Å². The Kier molecular flexibility index (Phi) is 3.14. The quantitative estimate of drug-likeness (QED) is 0.402. The van der Waals surface area contributed by atoms with Gasteiger partial charge in [0.15, 0.2) is 0 Å². The molecule has 4 N–H and O–H groups in total. The molecule has 8 heavy (non-hydrogen) atoms. The van der Waals surface area contributed by atoms with E-state index in [-0.39, 0.29) is 6.61 Å². The number of nitrogens with two attached hydrogens (primary N) is 1. The maximum absolute atomic E-state index is 9.92. The molecule has 0 unspecified atom stereocenters. The Labute approximate surface area is 46.9 Å². The second-order valence-electron chi connectivity index (χ2n) is 1.27. The van der Waals surface area contributed by atoms with Crippen molar-refractivity contribution in [2.24, 2.45) is 5.73 Å². The third-order valence-electron chi connectivity index (χ3n) is 0.620. The summed E-state index contributed by atoms with van der Waals surface area (Å²) in [6, 6.07) is 0. The zero-order valence-corrected chi connectivity index (χ0v) is 4.24. The van der Waals surface area contributed by atoms with Crippen LogP contribution >= 0.6 is 0 Å². The molecule has 0 saturated carbocycles. The number of carbonyl (C=O) groups is 1. The zero-order valence-electron chi connectivity index (χ0n) is 4.24. The van der Waals surface area contributed by atoms with Crippen molar-refractivity contribution in [3.05, 3.63) is 6.42 Å². The molecule has 0 aromatic carbocycles. The Morgan fingerprint density at radius 3 is 2.50 bits per heavy atom. The highest BCUT2D eigenvalue weighted by molar-refractivity contribution is 5.79. The highest BCUT2D eigenvalue weighted by Gasteiger charge is 2.08. The SMILES string of the molecule is NC(=O)[C@H](O)[CH]CO. The maximum atomic E-state index is 9.92. The highest BCUT2D eigenvalue weighted by Crippen LogP contribution is 1.83. The molecule has 1 radical (unpaired) electrons. The molecule has 4 nitrogen and oxygen atoms in total. The van der Waals surface area contributed by atoms with E-state index < -0.39 is 12.0 Å². The smallest absolute Gasteiger partial charge is 0.246 e. The first-order chi connectivity index (χ1) is 3.68. The minimum absolute atomic E-state index is 0.343. The zero-order chi connectivity index (χ0) is 6.57. The summed E-state index contributed by atoms with van der Waals surface area (Å²) in [5.74, 6) is -0.848. The average Bonchev–Trinajstić information content (AvgIpc) is 1.67. The molecule has 0 aliphatic carbocycles. The van der Waals surface area contributed by atoms with Gasteiger partial charge in [0.1, 0.15) is 6.10 Å². The van der Waals surface area contributed by atoms with Gasteiger partial charge >= 0.3 is 0 Å². The Hall–Kier alpha value is -0.610. The highest BCUT2D eigenvalue weighted by atomic mass is 16.3. The number of primary amides is 1. The van der Waals surface area contributed by atoms with Gasteiger partial charge in [-0.25, -0.2) is 0 Å². The standard InChI is InChI=1S/C4H8NO3/c5-4(8)3(7)1-2-6/h1,3,6-7H,2H2,(H2,5,8)/t3-/m1/s1. The van der Waals surface area contributed by atoms with Gasteiger partial charge in [-0.2, -0.15) is 0 Å². The molecule has 1 amide bonds. The van der Waals surface area contributed by atoms with Gasteiger partial charge < -0.3 is 15.9 Å². The Bertz CT molecular complexity index is 83.4. The molecule has 4 heteroatoms. The third kappa shape index (κ3) is 2.54. The summed E-state index contributed by atoms with van der Waals surface area (Å²) in [5, 5.41) is 16.5. The van der Waals surface area contributed by atoms with Crippen LogP contribution in [0.3, 0.4) is 0 Å². The van der Waals surface area contributed by atoms with Crippen molar-refractivity contribution in [3.8, 4) is 0 Å². The molecule has 47 valence electrons. The number of aliphatic hydroxyl groups is 2. The molecule has 0 fully saturated rings. The lowest BCUT2D eigenvalue weighted by molar-refractivity contribution is -0.124. The second-order valence-corrected chi connectivity index (χ2v) is 1.27. The Morgan fingerprint density at radius 1 is 1.88 bits per heavy atom. The van der Waals surface area contributed by atoms with Crippen molar-refractivity contribution in [2.45, 2.75) is 6.10 Å². The van der Waals surface area contributed by atoms with E-state index in [4.69, 9.17) is 10.2 Å². The summed E-state index contributed by atoms with van der Waals surface area (Å²) in [6.45, 7) is -0.343. The summed E-state index contributed by atoms with van der Waals surface area (Å²) < 4.78 is 0. The minimum Gasteiger partial charge on any atom is -0.396 e. The molecular formula is C4H8NO3. The van der Waals surface area contributed by atoms with E-state index in [1.165, 1.54) is 0 Å². The van der Waals surface area contributed by atoms with E-state index in [1.807, 2.05) is 0 Å². The topological polar surface area (TPSA) is 83.6 Å². The number of carbonyl (C=O) groups excluding carboxylic acids is 1.